The summed E-state index contributed by atoms with van der Waals surface area (Å²) in [5, 5.41) is 10.5. The maximum atomic E-state index is 11.6. The summed E-state index contributed by atoms with van der Waals surface area (Å²) >= 11 is 0. The first-order valence-corrected chi connectivity index (χ1v) is 10.9. The molecule has 148 valence electrons. The number of aryl methyl sites for hydroxylation is 1. The van der Waals surface area contributed by atoms with Crippen LogP contribution in [0.15, 0.2) is 47.4 Å². The number of ether oxygens (including phenoxy) is 1. The monoisotopic (exact) mass is 392 g/mol. The molecule has 0 aromatic heterocycles. The van der Waals surface area contributed by atoms with Gasteiger partial charge in [0.25, 0.3) is 10.1 Å². The van der Waals surface area contributed by atoms with Crippen molar-refractivity contribution in [3.05, 3.63) is 48.0 Å². The normalized spacial score (nSPS) is 11.5. The SMILES string of the molecule is CCCCCCCCCc1cc(S(=O)(=O)O)cc(Oc2ccccc2)c1O. The number of hydrogen-bond donors (Lipinski definition) is 2. The van der Waals surface area contributed by atoms with Crippen LogP contribution in [0, 0.1) is 0 Å². The van der Waals surface area contributed by atoms with Gasteiger partial charge in [0.05, 0.1) is 4.90 Å². The standard InChI is InChI=1S/C21H28O5S/c1-2-3-4-5-6-7-9-12-17-15-19(27(23,24)25)16-20(21(17)22)26-18-13-10-8-11-14-18/h8,10-11,13-16,22H,2-7,9,12H2,1H3,(H,23,24,25). The van der Waals surface area contributed by atoms with E-state index < -0.39 is 10.1 Å². The lowest BCUT2D eigenvalue weighted by Crippen LogP contribution is -2.01. The van der Waals surface area contributed by atoms with Crippen molar-refractivity contribution in [2.45, 2.75) is 63.2 Å². The quantitative estimate of drug-likeness (QED) is 0.377. The number of phenolic OH excluding ortho intramolecular Hbond substituents is 1. The fourth-order valence-electron chi connectivity index (χ4n) is 2.94. The molecule has 2 aromatic carbocycles. The van der Waals surface area contributed by atoms with Crippen LogP contribution in [0.3, 0.4) is 0 Å². The molecule has 0 aliphatic rings. The Kier molecular flexibility index (Phi) is 8.13. The summed E-state index contributed by atoms with van der Waals surface area (Å²) in [4.78, 5) is -0.274. The number of phenols is 1. The first kappa shape index (κ1) is 21.3. The number of para-hydroxylation sites is 1. The molecule has 0 saturated carbocycles. The third-order valence-corrected chi connectivity index (χ3v) is 5.28. The van der Waals surface area contributed by atoms with Gasteiger partial charge in [-0.1, -0.05) is 63.6 Å². The highest BCUT2D eigenvalue weighted by Gasteiger charge is 2.18. The van der Waals surface area contributed by atoms with Crippen molar-refractivity contribution < 1.29 is 22.8 Å². The second-order valence-corrected chi connectivity index (χ2v) is 8.11. The lowest BCUT2D eigenvalue weighted by atomic mass is 10.0. The molecule has 0 spiro atoms. The van der Waals surface area contributed by atoms with Gasteiger partial charge in [0, 0.05) is 6.07 Å². The van der Waals surface area contributed by atoms with E-state index in [0.29, 0.717) is 17.7 Å². The average molecular weight is 393 g/mol. The van der Waals surface area contributed by atoms with Crippen molar-refractivity contribution >= 4 is 10.1 Å². The zero-order valence-corrected chi connectivity index (χ0v) is 16.5. The third-order valence-electron chi connectivity index (χ3n) is 4.45. The Bertz CT molecular complexity index is 816. The second kappa shape index (κ2) is 10.3. The summed E-state index contributed by atoms with van der Waals surface area (Å²) < 4.78 is 38.2. The molecule has 0 radical (unpaired) electrons. The van der Waals surface area contributed by atoms with E-state index in [9.17, 15) is 18.1 Å². The van der Waals surface area contributed by atoms with Crippen molar-refractivity contribution in [3.8, 4) is 17.2 Å². The van der Waals surface area contributed by atoms with Crippen LogP contribution in [0.25, 0.3) is 0 Å². The topological polar surface area (TPSA) is 83.8 Å². The smallest absolute Gasteiger partial charge is 0.294 e. The van der Waals surface area contributed by atoms with Crippen molar-refractivity contribution in [3.63, 3.8) is 0 Å². The van der Waals surface area contributed by atoms with Gasteiger partial charge in [0.15, 0.2) is 11.5 Å². The number of hydrogen-bond acceptors (Lipinski definition) is 4. The number of benzene rings is 2. The zero-order chi connectivity index (χ0) is 19.7. The average Bonchev–Trinajstić information content (AvgIpc) is 2.63. The van der Waals surface area contributed by atoms with E-state index in [1.54, 1.807) is 24.3 Å². The minimum Gasteiger partial charge on any atom is -0.504 e. The molecule has 0 saturated heterocycles. The summed E-state index contributed by atoms with van der Waals surface area (Å²) in [6.07, 6.45) is 8.36. The van der Waals surface area contributed by atoms with E-state index in [-0.39, 0.29) is 16.4 Å². The number of rotatable bonds is 11. The summed E-state index contributed by atoms with van der Waals surface area (Å²) in [5.41, 5.74) is 0.463. The molecule has 2 rings (SSSR count). The molecule has 27 heavy (non-hydrogen) atoms. The van der Waals surface area contributed by atoms with E-state index >= 15 is 0 Å². The van der Waals surface area contributed by atoms with Gasteiger partial charge in [-0.05, 0) is 36.6 Å². The van der Waals surface area contributed by atoms with Gasteiger partial charge in [-0.15, -0.1) is 0 Å². The van der Waals surface area contributed by atoms with Crippen molar-refractivity contribution in [1.82, 2.24) is 0 Å². The molecule has 0 amide bonds. The zero-order valence-electron chi connectivity index (χ0n) is 15.7. The predicted molar refractivity (Wildman–Crippen MR) is 106 cm³/mol. The largest absolute Gasteiger partial charge is 0.504 e. The lowest BCUT2D eigenvalue weighted by molar-refractivity contribution is 0.403. The molecule has 0 atom stereocenters. The van der Waals surface area contributed by atoms with Crippen LogP contribution in [0.5, 0.6) is 17.2 Å². The van der Waals surface area contributed by atoms with E-state index in [1.165, 1.54) is 31.7 Å². The molecular weight excluding hydrogens is 364 g/mol. The van der Waals surface area contributed by atoms with Crippen molar-refractivity contribution in [1.29, 1.82) is 0 Å². The maximum Gasteiger partial charge on any atom is 0.294 e. The molecule has 0 aliphatic carbocycles. The molecule has 0 heterocycles. The van der Waals surface area contributed by atoms with Crippen LogP contribution >= 0.6 is 0 Å². The van der Waals surface area contributed by atoms with Crippen LogP contribution < -0.4 is 4.74 Å². The number of aromatic hydroxyl groups is 1. The Morgan fingerprint density at radius 2 is 1.56 bits per heavy atom. The second-order valence-electron chi connectivity index (χ2n) is 6.69. The van der Waals surface area contributed by atoms with Crippen molar-refractivity contribution in [2.75, 3.05) is 0 Å². The Hall–Kier alpha value is -2.05. The van der Waals surface area contributed by atoms with Crippen molar-refractivity contribution in [2.24, 2.45) is 0 Å². The van der Waals surface area contributed by atoms with Gasteiger partial charge in [0.1, 0.15) is 5.75 Å². The van der Waals surface area contributed by atoms with E-state index in [4.69, 9.17) is 4.74 Å². The van der Waals surface area contributed by atoms with Crippen LogP contribution in [-0.4, -0.2) is 18.1 Å². The molecular formula is C21H28O5S. The van der Waals surface area contributed by atoms with Crippen LogP contribution in [0.1, 0.15) is 57.4 Å². The summed E-state index contributed by atoms with van der Waals surface area (Å²) in [6, 6.07) is 11.3. The van der Waals surface area contributed by atoms with Gasteiger partial charge < -0.3 is 9.84 Å². The van der Waals surface area contributed by atoms with Gasteiger partial charge in [-0.25, -0.2) is 0 Å². The Balaban J connectivity index is 2.12. The molecule has 0 fully saturated rings. The minimum absolute atomic E-state index is 0.0225. The van der Waals surface area contributed by atoms with Gasteiger partial charge in [0.2, 0.25) is 0 Å². The van der Waals surface area contributed by atoms with Crippen LogP contribution in [0.2, 0.25) is 0 Å². The molecule has 2 aromatic rings. The highest BCUT2D eigenvalue weighted by Crippen LogP contribution is 2.37. The van der Waals surface area contributed by atoms with Gasteiger partial charge in [-0.3, -0.25) is 4.55 Å². The van der Waals surface area contributed by atoms with Gasteiger partial charge >= 0.3 is 0 Å². The van der Waals surface area contributed by atoms with Crippen LogP contribution in [-0.2, 0) is 16.5 Å². The van der Waals surface area contributed by atoms with E-state index in [2.05, 4.69) is 6.92 Å². The Labute approximate surface area is 161 Å². The third kappa shape index (κ3) is 6.88. The molecule has 6 heteroatoms. The molecule has 5 nitrogen and oxygen atoms in total. The van der Waals surface area contributed by atoms with Crippen LogP contribution in [0.4, 0.5) is 0 Å². The highest BCUT2D eigenvalue weighted by molar-refractivity contribution is 7.85. The summed E-state index contributed by atoms with van der Waals surface area (Å²) in [5.74, 6) is 0.411. The van der Waals surface area contributed by atoms with E-state index in [1.807, 2.05) is 6.07 Å². The fraction of sp³-hybridized carbons (Fsp3) is 0.429. The highest BCUT2D eigenvalue weighted by atomic mass is 32.2. The minimum atomic E-state index is -4.39. The lowest BCUT2D eigenvalue weighted by Gasteiger charge is -2.13. The molecule has 0 unspecified atom stereocenters. The molecule has 2 N–H and O–H groups in total. The van der Waals surface area contributed by atoms with E-state index in [0.717, 1.165) is 25.3 Å². The first-order chi connectivity index (χ1) is 12.9. The maximum absolute atomic E-state index is 11.6. The molecule has 0 aliphatic heterocycles. The number of unbranched alkanes of at least 4 members (excludes halogenated alkanes) is 6. The molecule has 0 bridgehead atoms. The predicted octanol–water partition coefficient (Wildman–Crippen LogP) is 5.72. The fourth-order valence-corrected chi connectivity index (χ4v) is 3.49. The van der Waals surface area contributed by atoms with Gasteiger partial charge in [-0.2, -0.15) is 8.42 Å². The summed E-state index contributed by atoms with van der Waals surface area (Å²) in [6.45, 7) is 2.18. The first-order valence-electron chi connectivity index (χ1n) is 9.48. The summed E-state index contributed by atoms with van der Waals surface area (Å²) in [7, 11) is -4.39. The Morgan fingerprint density at radius 3 is 2.19 bits per heavy atom. The Morgan fingerprint density at radius 1 is 0.926 bits per heavy atom.